The summed E-state index contributed by atoms with van der Waals surface area (Å²) in [6.07, 6.45) is 6.10. The topological polar surface area (TPSA) is 97.3 Å². The van der Waals surface area contributed by atoms with Crippen molar-refractivity contribution < 1.29 is 9.53 Å². The lowest BCUT2D eigenvalue weighted by atomic mass is 10.00. The number of aromatic nitrogens is 3. The number of amides is 1. The van der Waals surface area contributed by atoms with Crippen LogP contribution in [0, 0.1) is 0 Å². The molecule has 1 atom stereocenters. The second-order valence-corrected chi connectivity index (χ2v) is 8.14. The van der Waals surface area contributed by atoms with Crippen molar-refractivity contribution in [1.82, 2.24) is 19.4 Å². The molecule has 2 aromatic heterocycles. The van der Waals surface area contributed by atoms with Gasteiger partial charge in [0.05, 0.1) is 24.1 Å². The number of ether oxygens (including phenoxy) is 1. The molecule has 0 spiro atoms. The molecule has 1 fully saturated rings. The minimum atomic E-state index is -0.526. The quantitative estimate of drug-likeness (QED) is 0.662. The lowest BCUT2D eigenvalue weighted by molar-refractivity contribution is 0.0680. The molecule has 8 nitrogen and oxygen atoms in total. The van der Waals surface area contributed by atoms with Gasteiger partial charge in [-0.1, -0.05) is 31.9 Å². The molecule has 1 aliphatic rings. The molecule has 0 saturated carbocycles. The first-order valence-corrected chi connectivity index (χ1v) is 11.1. The van der Waals surface area contributed by atoms with Crippen LogP contribution in [-0.2, 0) is 6.54 Å². The van der Waals surface area contributed by atoms with Gasteiger partial charge in [-0.2, -0.15) is 0 Å². The molecule has 1 amide bonds. The minimum absolute atomic E-state index is 0.0565. The Bertz CT molecular complexity index is 1230. The molecule has 0 radical (unpaired) electrons. The van der Waals surface area contributed by atoms with E-state index in [1.807, 2.05) is 36.1 Å². The highest BCUT2D eigenvalue weighted by Crippen LogP contribution is 2.32. The van der Waals surface area contributed by atoms with Crippen LogP contribution in [0.5, 0.6) is 5.75 Å². The van der Waals surface area contributed by atoms with Crippen molar-refractivity contribution in [3.05, 3.63) is 68.5 Å². The Morgan fingerprint density at radius 2 is 1.97 bits per heavy atom. The van der Waals surface area contributed by atoms with Gasteiger partial charge in [-0.3, -0.25) is 19.1 Å². The van der Waals surface area contributed by atoms with Crippen LogP contribution in [0.4, 0.5) is 0 Å². The van der Waals surface area contributed by atoms with Gasteiger partial charge in [0.25, 0.3) is 11.5 Å². The molecule has 32 heavy (non-hydrogen) atoms. The lowest BCUT2D eigenvalue weighted by Crippen LogP contribution is -2.35. The number of hydrogen-bond donors (Lipinski definition) is 1. The predicted molar refractivity (Wildman–Crippen MR) is 122 cm³/mol. The van der Waals surface area contributed by atoms with E-state index in [0.29, 0.717) is 24.3 Å². The Kier molecular flexibility index (Phi) is 6.39. The SMILES string of the molecule is CCCn1c(=O)[nH]c(=O)c2cc(C(=O)N3CCCCC[C@H]3c3ccc(OC)cc3)cnc21. The zero-order valence-electron chi connectivity index (χ0n) is 18.5. The van der Waals surface area contributed by atoms with E-state index >= 15 is 0 Å². The maximum absolute atomic E-state index is 13.6. The van der Waals surface area contributed by atoms with Crippen LogP contribution in [0.25, 0.3) is 11.0 Å². The van der Waals surface area contributed by atoms with Crippen LogP contribution in [0.1, 0.15) is 61.0 Å². The minimum Gasteiger partial charge on any atom is -0.497 e. The van der Waals surface area contributed by atoms with Gasteiger partial charge in [-0.05, 0) is 43.0 Å². The number of nitrogens with zero attached hydrogens (tertiary/aromatic N) is 3. The number of aryl methyl sites for hydroxylation is 1. The molecule has 1 aliphatic heterocycles. The molecule has 1 saturated heterocycles. The molecule has 4 rings (SSSR count). The molecule has 3 heterocycles. The van der Waals surface area contributed by atoms with Crippen LogP contribution in [0.15, 0.2) is 46.1 Å². The summed E-state index contributed by atoms with van der Waals surface area (Å²) >= 11 is 0. The average Bonchev–Trinajstić information content (AvgIpc) is 3.07. The van der Waals surface area contributed by atoms with Crippen molar-refractivity contribution in [2.45, 2.75) is 51.6 Å². The van der Waals surface area contributed by atoms with E-state index < -0.39 is 11.2 Å². The van der Waals surface area contributed by atoms with Crippen molar-refractivity contribution in [1.29, 1.82) is 0 Å². The fourth-order valence-electron chi connectivity index (χ4n) is 4.41. The number of carbonyl (C=O) groups is 1. The van der Waals surface area contributed by atoms with Crippen molar-refractivity contribution in [2.75, 3.05) is 13.7 Å². The molecule has 8 heteroatoms. The third-order valence-electron chi connectivity index (χ3n) is 6.04. The second kappa shape index (κ2) is 9.38. The molecule has 0 bridgehead atoms. The number of rotatable bonds is 5. The second-order valence-electron chi connectivity index (χ2n) is 8.14. The molecule has 1 N–H and O–H groups in total. The summed E-state index contributed by atoms with van der Waals surface area (Å²) in [5.74, 6) is 0.617. The zero-order chi connectivity index (χ0) is 22.7. The Labute approximate surface area is 185 Å². The van der Waals surface area contributed by atoms with Crippen molar-refractivity contribution >= 4 is 16.9 Å². The Morgan fingerprint density at radius 1 is 1.19 bits per heavy atom. The number of nitrogens with one attached hydrogen (secondary N) is 1. The van der Waals surface area contributed by atoms with E-state index in [1.54, 1.807) is 13.2 Å². The Hall–Kier alpha value is -3.42. The summed E-state index contributed by atoms with van der Waals surface area (Å²) in [5, 5.41) is 0.250. The van der Waals surface area contributed by atoms with Crippen LogP contribution in [-0.4, -0.2) is 39.0 Å². The summed E-state index contributed by atoms with van der Waals surface area (Å²) in [4.78, 5) is 46.8. The van der Waals surface area contributed by atoms with E-state index in [4.69, 9.17) is 4.74 Å². The van der Waals surface area contributed by atoms with Gasteiger partial charge in [0.2, 0.25) is 0 Å². The average molecular weight is 437 g/mol. The number of aromatic amines is 1. The van der Waals surface area contributed by atoms with Gasteiger partial charge in [0.1, 0.15) is 11.4 Å². The van der Waals surface area contributed by atoms with Crippen LogP contribution < -0.4 is 16.0 Å². The smallest absolute Gasteiger partial charge is 0.329 e. The summed E-state index contributed by atoms with van der Waals surface area (Å²) in [6.45, 7) is 3.03. The number of benzene rings is 1. The zero-order valence-corrected chi connectivity index (χ0v) is 18.5. The highest BCUT2D eigenvalue weighted by atomic mass is 16.5. The highest BCUT2D eigenvalue weighted by molar-refractivity contribution is 5.97. The number of pyridine rings is 1. The summed E-state index contributed by atoms with van der Waals surface area (Å²) in [7, 11) is 1.63. The molecule has 0 aliphatic carbocycles. The molecule has 1 aromatic carbocycles. The summed E-state index contributed by atoms with van der Waals surface area (Å²) in [5.41, 5.74) is 0.708. The first-order valence-electron chi connectivity index (χ1n) is 11.1. The number of fused-ring (bicyclic) bond motifs is 1. The van der Waals surface area contributed by atoms with Gasteiger partial charge in [-0.25, -0.2) is 9.78 Å². The third-order valence-corrected chi connectivity index (χ3v) is 6.04. The van der Waals surface area contributed by atoms with Gasteiger partial charge in [-0.15, -0.1) is 0 Å². The van der Waals surface area contributed by atoms with E-state index in [2.05, 4.69) is 9.97 Å². The Morgan fingerprint density at radius 3 is 2.69 bits per heavy atom. The van der Waals surface area contributed by atoms with Crippen LogP contribution >= 0.6 is 0 Å². The normalized spacial score (nSPS) is 16.7. The first-order chi connectivity index (χ1) is 15.5. The van der Waals surface area contributed by atoms with Crippen LogP contribution in [0.3, 0.4) is 0 Å². The standard InChI is InChI=1S/C24H28N4O4/c1-3-12-28-21-19(22(29)26-24(28)31)14-17(15-25-21)23(30)27-13-6-4-5-7-20(27)16-8-10-18(32-2)11-9-16/h8-11,14-15,20H,3-7,12-13H2,1-2H3,(H,26,29,31)/t20-/m0/s1. The molecule has 3 aromatic rings. The van der Waals surface area contributed by atoms with Gasteiger partial charge in [0, 0.05) is 19.3 Å². The van der Waals surface area contributed by atoms with Crippen molar-refractivity contribution in [2.24, 2.45) is 0 Å². The fraction of sp³-hybridized carbons (Fsp3) is 0.417. The first kappa shape index (κ1) is 21.8. The van der Waals surface area contributed by atoms with Gasteiger partial charge < -0.3 is 9.64 Å². The summed E-state index contributed by atoms with van der Waals surface area (Å²) in [6, 6.07) is 9.33. The molecular formula is C24H28N4O4. The largest absolute Gasteiger partial charge is 0.497 e. The van der Waals surface area contributed by atoms with Crippen LogP contribution in [0.2, 0.25) is 0 Å². The lowest BCUT2D eigenvalue weighted by Gasteiger charge is -2.30. The fourth-order valence-corrected chi connectivity index (χ4v) is 4.41. The number of hydrogen-bond acceptors (Lipinski definition) is 5. The van der Waals surface area contributed by atoms with Gasteiger partial charge >= 0.3 is 5.69 Å². The predicted octanol–water partition coefficient (Wildman–Crippen LogP) is 3.26. The molecular weight excluding hydrogens is 408 g/mol. The number of H-pyrrole nitrogens is 1. The maximum atomic E-state index is 13.6. The number of methoxy groups -OCH3 is 1. The summed E-state index contributed by atoms with van der Waals surface area (Å²) < 4.78 is 6.71. The van der Waals surface area contributed by atoms with E-state index in [0.717, 1.165) is 43.4 Å². The van der Waals surface area contributed by atoms with E-state index in [-0.39, 0.29) is 17.3 Å². The van der Waals surface area contributed by atoms with Crippen molar-refractivity contribution in [3.8, 4) is 5.75 Å². The highest BCUT2D eigenvalue weighted by Gasteiger charge is 2.28. The van der Waals surface area contributed by atoms with Crippen molar-refractivity contribution in [3.63, 3.8) is 0 Å². The maximum Gasteiger partial charge on any atom is 0.329 e. The Balaban J connectivity index is 1.73. The van der Waals surface area contributed by atoms with E-state index in [1.165, 1.54) is 10.8 Å². The monoisotopic (exact) mass is 436 g/mol. The number of likely N-dealkylation sites (tertiary alicyclic amines) is 1. The molecule has 0 unspecified atom stereocenters. The molecule has 168 valence electrons. The number of carbonyl (C=O) groups excluding carboxylic acids is 1. The third kappa shape index (κ3) is 4.17. The van der Waals surface area contributed by atoms with Gasteiger partial charge in [0.15, 0.2) is 0 Å². The van der Waals surface area contributed by atoms with E-state index in [9.17, 15) is 14.4 Å².